The molecule has 0 fully saturated rings. The number of allylic oxidation sites excluding steroid dienone is 4. The van der Waals surface area contributed by atoms with Gasteiger partial charge < -0.3 is 4.74 Å². The monoisotopic (exact) mass is 272 g/mol. The van der Waals surface area contributed by atoms with Crippen LogP contribution in [0, 0.1) is 0 Å². The molecule has 0 spiro atoms. The standard InChI is InChI=1S/C19H28O/c1-5-16(2)8-6-9-17(3)10-7-11-18-12-14-19(20-4)15-13-18/h8,10,12-15H,5-7,9,11H2,1-4H3/b16-8+,17-10+. The summed E-state index contributed by atoms with van der Waals surface area (Å²) in [6.45, 7) is 6.66. The van der Waals surface area contributed by atoms with Gasteiger partial charge in [-0.3, -0.25) is 0 Å². The average molecular weight is 272 g/mol. The van der Waals surface area contributed by atoms with Crippen LogP contribution in [0.4, 0.5) is 0 Å². The van der Waals surface area contributed by atoms with E-state index in [2.05, 4.69) is 45.1 Å². The zero-order valence-corrected chi connectivity index (χ0v) is 13.4. The van der Waals surface area contributed by atoms with E-state index in [1.54, 1.807) is 7.11 Å². The minimum absolute atomic E-state index is 0.929. The Morgan fingerprint density at radius 3 is 2.25 bits per heavy atom. The van der Waals surface area contributed by atoms with E-state index in [1.165, 1.54) is 36.0 Å². The zero-order chi connectivity index (χ0) is 14.8. The van der Waals surface area contributed by atoms with E-state index in [4.69, 9.17) is 4.74 Å². The van der Waals surface area contributed by atoms with Gasteiger partial charge in [0.05, 0.1) is 7.11 Å². The van der Waals surface area contributed by atoms with E-state index in [0.717, 1.165) is 18.6 Å². The van der Waals surface area contributed by atoms with E-state index < -0.39 is 0 Å². The van der Waals surface area contributed by atoms with Gasteiger partial charge in [-0.1, -0.05) is 42.4 Å². The number of ether oxygens (including phenoxy) is 1. The summed E-state index contributed by atoms with van der Waals surface area (Å²) in [6, 6.07) is 8.36. The molecule has 110 valence electrons. The summed E-state index contributed by atoms with van der Waals surface area (Å²) in [7, 11) is 1.70. The maximum atomic E-state index is 5.17. The summed E-state index contributed by atoms with van der Waals surface area (Å²) in [6.07, 6.45) is 10.5. The van der Waals surface area contributed by atoms with E-state index in [-0.39, 0.29) is 0 Å². The van der Waals surface area contributed by atoms with E-state index in [1.807, 2.05) is 12.1 Å². The van der Waals surface area contributed by atoms with Crippen molar-refractivity contribution in [1.82, 2.24) is 0 Å². The molecule has 0 saturated carbocycles. The second-order valence-electron chi connectivity index (χ2n) is 5.38. The molecular formula is C19H28O. The van der Waals surface area contributed by atoms with Gasteiger partial charge in [-0.05, 0) is 63.6 Å². The smallest absolute Gasteiger partial charge is 0.118 e. The second-order valence-corrected chi connectivity index (χ2v) is 5.38. The lowest BCUT2D eigenvalue weighted by molar-refractivity contribution is 0.414. The SMILES string of the molecule is CC/C(C)=C/CC/C(C)=C/CCc1ccc(OC)cc1. The third kappa shape index (κ3) is 6.60. The van der Waals surface area contributed by atoms with Gasteiger partial charge in [0.2, 0.25) is 0 Å². The van der Waals surface area contributed by atoms with Crippen molar-refractivity contribution < 1.29 is 4.74 Å². The highest BCUT2D eigenvalue weighted by Gasteiger charge is 1.94. The maximum Gasteiger partial charge on any atom is 0.118 e. The summed E-state index contributed by atoms with van der Waals surface area (Å²) in [5.41, 5.74) is 4.37. The number of benzene rings is 1. The molecule has 1 aromatic rings. The molecule has 20 heavy (non-hydrogen) atoms. The molecule has 0 aliphatic carbocycles. The highest BCUT2D eigenvalue weighted by Crippen LogP contribution is 2.14. The molecule has 0 radical (unpaired) electrons. The van der Waals surface area contributed by atoms with Crippen molar-refractivity contribution in [2.75, 3.05) is 7.11 Å². The number of hydrogen-bond donors (Lipinski definition) is 0. The van der Waals surface area contributed by atoms with Gasteiger partial charge in [0.15, 0.2) is 0 Å². The van der Waals surface area contributed by atoms with Crippen LogP contribution in [0.5, 0.6) is 5.75 Å². The first-order chi connectivity index (χ1) is 9.65. The summed E-state index contributed by atoms with van der Waals surface area (Å²) in [4.78, 5) is 0. The van der Waals surface area contributed by atoms with Gasteiger partial charge in [0, 0.05) is 0 Å². The predicted molar refractivity (Wildman–Crippen MR) is 88.4 cm³/mol. The molecule has 0 heterocycles. The largest absolute Gasteiger partial charge is 0.497 e. The third-order valence-corrected chi connectivity index (χ3v) is 3.67. The van der Waals surface area contributed by atoms with E-state index in [9.17, 15) is 0 Å². The van der Waals surface area contributed by atoms with E-state index in [0.29, 0.717) is 0 Å². The van der Waals surface area contributed by atoms with Crippen LogP contribution in [0.3, 0.4) is 0 Å². The molecule has 0 aliphatic rings. The first kappa shape index (κ1) is 16.6. The molecule has 1 rings (SSSR count). The first-order valence-corrected chi connectivity index (χ1v) is 7.60. The highest BCUT2D eigenvalue weighted by molar-refractivity contribution is 5.27. The van der Waals surface area contributed by atoms with Crippen molar-refractivity contribution in [2.45, 2.75) is 52.9 Å². The topological polar surface area (TPSA) is 9.23 Å². The first-order valence-electron chi connectivity index (χ1n) is 7.60. The molecule has 1 nitrogen and oxygen atoms in total. The lowest BCUT2D eigenvalue weighted by Gasteiger charge is -2.03. The number of hydrogen-bond acceptors (Lipinski definition) is 1. The van der Waals surface area contributed by atoms with Gasteiger partial charge in [-0.2, -0.15) is 0 Å². The Morgan fingerprint density at radius 2 is 1.65 bits per heavy atom. The molecule has 1 aromatic carbocycles. The van der Waals surface area contributed by atoms with Gasteiger partial charge in [0.1, 0.15) is 5.75 Å². The average Bonchev–Trinajstić information content (AvgIpc) is 2.47. The van der Waals surface area contributed by atoms with Crippen LogP contribution >= 0.6 is 0 Å². The lowest BCUT2D eigenvalue weighted by atomic mass is 10.1. The third-order valence-electron chi connectivity index (χ3n) is 3.67. The van der Waals surface area contributed by atoms with E-state index >= 15 is 0 Å². The number of rotatable bonds is 8. The van der Waals surface area contributed by atoms with Gasteiger partial charge in [-0.15, -0.1) is 0 Å². The Bertz CT molecular complexity index is 437. The molecule has 0 bridgehead atoms. The number of methoxy groups -OCH3 is 1. The van der Waals surface area contributed by atoms with Gasteiger partial charge in [0.25, 0.3) is 0 Å². The van der Waals surface area contributed by atoms with Crippen molar-refractivity contribution >= 4 is 0 Å². The zero-order valence-electron chi connectivity index (χ0n) is 13.4. The molecule has 0 amide bonds. The quantitative estimate of drug-likeness (QED) is 0.551. The Labute approximate surface area is 124 Å². The summed E-state index contributed by atoms with van der Waals surface area (Å²) in [5.74, 6) is 0.929. The van der Waals surface area contributed by atoms with Crippen LogP contribution in [0.25, 0.3) is 0 Å². The lowest BCUT2D eigenvalue weighted by Crippen LogP contribution is -1.86. The molecule has 0 N–H and O–H groups in total. The molecule has 0 saturated heterocycles. The normalized spacial score (nSPS) is 12.6. The van der Waals surface area contributed by atoms with Crippen LogP contribution in [0.2, 0.25) is 0 Å². The van der Waals surface area contributed by atoms with Gasteiger partial charge in [-0.25, -0.2) is 0 Å². The van der Waals surface area contributed by atoms with Crippen LogP contribution in [-0.2, 0) is 6.42 Å². The van der Waals surface area contributed by atoms with Crippen molar-refractivity contribution in [3.8, 4) is 5.75 Å². The molecule has 0 aromatic heterocycles. The van der Waals surface area contributed by atoms with Crippen LogP contribution < -0.4 is 4.74 Å². The summed E-state index contributed by atoms with van der Waals surface area (Å²) >= 11 is 0. The van der Waals surface area contributed by atoms with Crippen molar-refractivity contribution in [3.05, 3.63) is 53.1 Å². The Hall–Kier alpha value is -1.50. The van der Waals surface area contributed by atoms with Crippen LogP contribution in [0.15, 0.2) is 47.6 Å². The fourth-order valence-electron chi connectivity index (χ4n) is 2.07. The van der Waals surface area contributed by atoms with Crippen molar-refractivity contribution in [1.29, 1.82) is 0 Å². The molecule has 1 heteroatoms. The second kappa shape index (κ2) is 9.41. The maximum absolute atomic E-state index is 5.17. The van der Waals surface area contributed by atoms with Crippen molar-refractivity contribution in [2.24, 2.45) is 0 Å². The fraction of sp³-hybridized carbons (Fsp3) is 0.474. The Morgan fingerprint density at radius 1 is 1.00 bits per heavy atom. The summed E-state index contributed by atoms with van der Waals surface area (Å²) in [5, 5.41) is 0. The summed E-state index contributed by atoms with van der Waals surface area (Å²) < 4.78 is 5.17. The minimum atomic E-state index is 0.929. The molecular weight excluding hydrogens is 244 g/mol. The molecule has 0 unspecified atom stereocenters. The highest BCUT2D eigenvalue weighted by atomic mass is 16.5. The number of aryl methyl sites for hydroxylation is 1. The minimum Gasteiger partial charge on any atom is -0.497 e. The van der Waals surface area contributed by atoms with Crippen LogP contribution in [-0.4, -0.2) is 7.11 Å². The molecule has 0 aliphatic heterocycles. The Kier molecular flexibility index (Phi) is 7.79. The van der Waals surface area contributed by atoms with Crippen molar-refractivity contribution in [3.63, 3.8) is 0 Å². The molecule has 0 atom stereocenters. The Balaban J connectivity index is 2.32. The predicted octanol–water partition coefficient (Wildman–Crippen LogP) is 5.71. The van der Waals surface area contributed by atoms with Gasteiger partial charge >= 0.3 is 0 Å². The fourth-order valence-corrected chi connectivity index (χ4v) is 2.07. The van der Waals surface area contributed by atoms with Crippen LogP contribution in [0.1, 0.15) is 52.0 Å².